The molecule has 0 radical (unpaired) electrons. The number of benzene rings is 1. The monoisotopic (exact) mass is 336 g/mol. The molecule has 4 heteroatoms. The highest BCUT2D eigenvalue weighted by atomic mass is 35.5. The summed E-state index contributed by atoms with van der Waals surface area (Å²) in [5.74, 6) is 1.29. The van der Waals surface area contributed by atoms with Gasteiger partial charge in [0.05, 0.1) is 0 Å². The first-order chi connectivity index (χ1) is 10.9. The molecule has 128 valence electrons. The van der Waals surface area contributed by atoms with Crippen LogP contribution in [0.3, 0.4) is 0 Å². The van der Waals surface area contributed by atoms with Gasteiger partial charge in [0.25, 0.3) is 0 Å². The van der Waals surface area contributed by atoms with E-state index < -0.39 is 0 Å². The Kier molecular flexibility index (Phi) is 6.49. The molecule has 1 atom stereocenters. The Labute approximate surface area is 145 Å². The second kappa shape index (κ2) is 8.16. The van der Waals surface area contributed by atoms with Crippen LogP contribution >= 0.6 is 11.6 Å². The molecule has 2 rings (SSSR count). The minimum absolute atomic E-state index is 0.0990. The lowest BCUT2D eigenvalue weighted by atomic mass is 9.83. The molecule has 0 saturated carbocycles. The zero-order chi connectivity index (χ0) is 16.9. The van der Waals surface area contributed by atoms with Crippen LogP contribution in [-0.2, 0) is 10.2 Å². The summed E-state index contributed by atoms with van der Waals surface area (Å²) in [6.45, 7) is 9.31. The molecular formula is C19H29ClN2O. The lowest BCUT2D eigenvalue weighted by molar-refractivity contribution is -0.122. The van der Waals surface area contributed by atoms with Crippen molar-refractivity contribution in [1.82, 2.24) is 10.6 Å². The van der Waals surface area contributed by atoms with Crippen LogP contribution in [0.25, 0.3) is 0 Å². The van der Waals surface area contributed by atoms with Gasteiger partial charge in [0.15, 0.2) is 0 Å². The second-order valence-electron chi connectivity index (χ2n) is 7.44. The van der Waals surface area contributed by atoms with Gasteiger partial charge in [-0.2, -0.15) is 0 Å². The van der Waals surface area contributed by atoms with E-state index >= 15 is 0 Å². The summed E-state index contributed by atoms with van der Waals surface area (Å²) >= 11 is 5.95. The number of piperidine rings is 1. The molecule has 1 amide bonds. The number of carbonyl (C=O) groups excluding carboxylic acids is 1. The minimum atomic E-state index is -0.0990. The van der Waals surface area contributed by atoms with E-state index in [0.29, 0.717) is 24.8 Å². The summed E-state index contributed by atoms with van der Waals surface area (Å²) < 4.78 is 0. The number of hydrogen-bond donors (Lipinski definition) is 2. The van der Waals surface area contributed by atoms with E-state index in [1.54, 1.807) is 0 Å². The third-order valence-corrected chi connectivity index (χ3v) is 5.30. The molecule has 1 aliphatic rings. The van der Waals surface area contributed by atoms with E-state index in [9.17, 15) is 4.79 Å². The maximum atomic E-state index is 12.3. The first-order valence-electron chi connectivity index (χ1n) is 8.62. The van der Waals surface area contributed by atoms with Crippen molar-refractivity contribution in [2.24, 2.45) is 11.8 Å². The van der Waals surface area contributed by atoms with Gasteiger partial charge in [-0.25, -0.2) is 0 Å². The molecule has 1 heterocycles. The number of carbonyl (C=O) groups is 1. The van der Waals surface area contributed by atoms with Gasteiger partial charge in [-0.3, -0.25) is 4.79 Å². The van der Waals surface area contributed by atoms with E-state index in [0.717, 1.165) is 18.1 Å². The lowest BCUT2D eigenvalue weighted by Crippen LogP contribution is -2.38. The number of rotatable bonds is 6. The van der Waals surface area contributed by atoms with Gasteiger partial charge in [-0.05, 0) is 55.5 Å². The van der Waals surface area contributed by atoms with Crippen LogP contribution in [-0.4, -0.2) is 25.5 Å². The predicted molar refractivity (Wildman–Crippen MR) is 96.9 cm³/mol. The second-order valence-corrected chi connectivity index (χ2v) is 7.87. The van der Waals surface area contributed by atoms with Gasteiger partial charge >= 0.3 is 0 Å². The molecule has 0 spiro atoms. The zero-order valence-corrected chi connectivity index (χ0v) is 15.2. The van der Waals surface area contributed by atoms with Crippen molar-refractivity contribution in [2.75, 3.05) is 19.6 Å². The molecule has 0 bridgehead atoms. The van der Waals surface area contributed by atoms with Gasteiger partial charge in [-0.1, -0.05) is 44.5 Å². The molecule has 2 N–H and O–H groups in total. The van der Waals surface area contributed by atoms with Crippen LogP contribution in [0.2, 0.25) is 5.02 Å². The van der Waals surface area contributed by atoms with Crippen LogP contribution in [0.5, 0.6) is 0 Å². The normalized spacial score (nSPS) is 17.7. The topological polar surface area (TPSA) is 41.1 Å². The highest BCUT2D eigenvalue weighted by molar-refractivity contribution is 6.30. The Bertz CT molecular complexity index is 507. The summed E-state index contributed by atoms with van der Waals surface area (Å²) in [5.41, 5.74) is 1.09. The zero-order valence-electron chi connectivity index (χ0n) is 14.5. The average Bonchev–Trinajstić information content (AvgIpc) is 2.54. The SMILES string of the molecule is CC(CC(=O)NCC(C)(C)c1ccc(Cl)cc1)C1CCNCC1. The largest absolute Gasteiger partial charge is 0.355 e. The summed E-state index contributed by atoms with van der Waals surface area (Å²) in [4.78, 5) is 12.3. The maximum absolute atomic E-state index is 12.3. The van der Waals surface area contributed by atoms with Gasteiger partial charge < -0.3 is 10.6 Å². The summed E-state index contributed by atoms with van der Waals surface area (Å²) in [7, 11) is 0. The van der Waals surface area contributed by atoms with E-state index in [4.69, 9.17) is 11.6 Å². The van der Waals surface area contributed by atoms with Crippen molar-refractivity contribution in [3.63, 3.8) is 0 Å². The van der Waals surface area contributed by atoms with E-state index in [-0.39, 0.29) is 11.3 Å². The smallest absolute Gasteiger partial charge is 0.220 e. The highest BCUT2D eigenvalue weighted by Crippen LogP contribution is 2.26. The number of halogens is 1. The summed E-state index contributed by atoms with van der Waals surface area (Å²) in [6.07, 6.45) is 3.00. The fourth-order valence-corrected chi connectivity index (χ4v) is 3.39. The molecule has 1 aliphatic heterocycles. The number of nitrogens with one attached hydrogen (secondary N) is 2. The third-order valence-electron chi connectivity index (χ3n) is 5.05. The van der Waals surface area contributed by atoms with Crippen molar-refractivity contribution < 1.29 is 4.79 Å². The molecule has 1 saturated heterocycles. The van der Waals surface area contributed by atoms with Crippen LogP contribution in [0, 0.1) is 11.8 Å². The number of amides is 1. The summed E-state index contributed by atoms with van der Waals surface area (Å²) in [6, 6.07) is 7.87. The number of hydrogen-bond acceptors (Lipinski definition) is 2. The third kappa shape index (κ3) is 5.50. The molecule has 0 aromatic heterocycles. The molecule has 1 unspecified atom stereocenters. The molecule has 3 nitrogen and oxygen atoms in total. The summed E-state index contributed by atoms with van der Waals surface area (Å²) in [5, 5.41) is 7.24. The molecule has 1 fully saturated rings. The standard InChI is InChI=1S/C19H29ClN2O/c1-14(15-8-10-21-11-9-15)12-18(23)22-13-19(2,3)16-4-6-17(20)7-5-16/h4-7,14-15,21H,8-13H2,1-3H3,(H,22,23). The van der Waals surface area contributed by atoms with Crippen LogP contribution < -0.4 is 10.6 Å². The average molecular weight is 337 g/mol. The first-order valence-corrected chi connectivity index (χ1v) is 9.00. The first kappa shape index (κ1) is 18.3. The molecule has 23 heavy (non-hydrogen) atoms. The van der Waals surface area contributed by atoms with Crippen LogP contribution in [0.15, 0.2) is 24.3 Å². The predicted octanol–water partition coefficient (Wildman–Crippen LogP) is 3.76. The Morgan fingerprint density at radius 3 is 2.52 bits per heavy atom. The minimum Gasteiger partial charge on any atom is -0.355 e. The maximum Gasteiger partial charge on any atom is 0.220 e. The Morgan fingerprint density at radius 2 is 1.91 bits per heavy atom. The van der Waals surface area contributed by atoms with Gasteiger partial charge in [-0.15, -0.1) is 0 Å². The van der Waals surface area contributed by atoms with E-state index in [2.05, 4.69) is 31.4 Å². The Morgan fingerprint density at radius 1 is 1.30 bits per heavy atom. The Hall–Kier alpha value is -1.06. The van der Waals surface area contributed by atoms with Crippen molar-refractivity contribution in [3.8, 4) is 0 Å². The molecule has 1 aromatic carbocycles. The molecular weight excluding hydrogens is 308 g/mol. The van der Waals surface area contributed by atoms with Crippen molar-refractivity contribution in [1.29, 1.82) is 0 Å². The molecule has 1 aromatic rings. The van der Waals surface area contributed by atoms with Gasteiger partial charge in [0, 0.05) is 23.4 Å². The highest BCUT2D eigenvalue weighted by Gasteiger charge is 2.24. The van der Waals surface area contributed by atoms with Gasteiger partial charge in [0.2, 0.25) is 5.91 Å². The van der Waals surface area contributed by atoms with E-state index in [1.807, 2.05) is 24.3 Å². The fraction of sp³-hybridized carbons (Fsp3) is 0.632. The van der Waals surface area contributed by atoms with Gasteiger partial charge in [0.1, 0.15) is 0 Å². The van der Waals surface area contributed by atoms with Crippen molar-refractivity contribution >= 4 is 17.5 Å². The Balaban J connectivity index is 1.81. The van der Waals surface area contributed by atoms with Crippen molar-refractivity contribution in [3.05, 3.63) is 34.9 Å². The quantitative estimate of drug-likeness (QED) is 0.830. The van der Waals surface area contributed by atoms with Crippen molar-refractivity contribution in [2.45, 2.75) is 45.4 Å². The van der Waals surface area contributed by atoms with Crippen LogP contribution in [0.4, 0.5) is 0 Å². The fourth-order valence-electron chi connectivity index (χ4n) is 3.27. The lowest BCUT2D eigenvalue weighted by Gasteiger charge is -2.29. The van der Waals surface area contributed by atoms with Crippen LogP contribution in [0.1, 0.15) is 45.6 Å². The molecule has 0 aliphatic carbocycles. The van der Waals surface area contributed by atoms with E-state index in [1.165, 1.54) is 18.4 Å².